The van der Waals surface area contributed by atoms with Crippen LogP contribution in [-0.4, -0.2) is 14.7 Å². The lowest BCUT2D eigenvalue weighted by molar-refractivity contribution is 0.602. The van der Waals surface area contributed by atoms with E-state index in [4.69, 9.17) is 0 Å². The first kappa shape index (κ1) is 15.5. The van der Waals surface area contributed by atoms with Gasteiger partial charge in [-0.25, -0.2) is 8.42 Å². The van der Waals surface area contributed by atoms with E-state index >= 15 is 0 Å². The Hall–Kier alpha value is -1.87. The average molecular weight is 300 g/mol. The number of hydrogen-bond donors (Lipinski definition) is 0. The fraction of sp³-hybridized carbons (Fsp3) is 0.222. The van der Waals surface area contributed by atoms with Gasteiger partial charge in [0.05, 0.1) is 4.90 Å². The normalized spacial score (nSPS) is 12.4. The van der Waals surface area contributed by atoms with E-state index in [0.717, 1.165) is 24.0 Å². The van der Waals surface area contributed by atoms with Crippen LogP contribution in [0.3, 0.4) is 0 Å². The van der Waals surface area contributed by atoms with Gasteiger partial charge in [0.1, 0.15) is 0 Å². The number of allylic oxidation sites excluding steroid dienone is 1. The Balaban J connectivity index is 2.37. The van der Waals surface area contributed by atoms with Crippen LogP contribution in [0.5, 0.6) is 0 Å². The van der Waals surface area contributed by atoms with Crippen molar-refractivity contribution in [3.8, 4) is 0 Å². The molecule has 0 aromatic heterocycles. The van der Waals surface area contributed by atoms with Crippen molar-refractivity contribution >= 4 is 21.5 Å². The van der Waals surface area contributed by atoms with Gasteiger partial charge < -0.3 is 0 Å². The van der Waals surface area contributed by atoms with E-state index in [1.54, 1.807) is 12.1 Å². The lowest BCUT2D eigenvalue weighted by Crippen LogP contribution is -1.97. The topological polar surface area (TPSA) is 34.1 Å². The van der Waals surface area contributed by atoms with Crippen molar-refractivity contribution in [2.24, 2.45) is 0 Å². The fourth-order valence-electron chi connectivity index (χ4n) is 2.24. The molecule has 0 bridgehead atoms. The molecule has 0 amide bonds. The number of sulfone groups is 1. The molecule has 0 spiro atoms. The van der Waals surface area contributed by atoms with Gasteiger partial charge in [-0.15, -0.1) is 0 Å². The van der Waals surface area contributed by atoms with Crippen LogP contribution in [0.2, 0.25) is 0 Å². The van der Waals surface area contributed by atoms with Crippen LogP contribution >= 0.6 is 0 Å². The number of hydrogen-bond acceptors (Lipinski definition) is 2. The maximum atomic E-state index is 11.5. The molecule has 2 aromatic carbocycles. The Labute approximate surface area is 127 Å². The van der Waals surface area contributed by atoms with Crippen LogP contribution in [-0.2, 0) is 9.84 Å². The van der Waals surface area contributed by atoms with E-state index in [0.29, 0.717) is 4.90 Å². The van der Waals surface area contributed by atoms with Crippen LogP contribution < -0.4 is 0 Å². The van der Waals surface area contributed by atoms with Gasteiger partial charge in [-0.1, -0.05) is 61.9 Å². The second-order valence-electron chi connectivity index (χ2n) is 5.13. The van der Waals surface area contributed by atoms with Crippen molar-refractivity contribution in [2.45, 2.75) is 24.7 Å². The van der Waals surface area contributed by atoms with Gasteiger partial charge in [-0.05, 0) is 35.3 Å². The summed E-state index contributed by atoms with van der Waals surface area (Å²) in [5.74, 6) is 0. The van der Waals surface area contributed by atoms with Gasteiger partial charge in [0.15, 0.2) is 9.84 Å². The summed E-state index contributed by atoms with van der Waals surface area (Å²) in [6.45, 7) is 2.14. The minimum absolute atomic E-state index is 0.363. The van der Waals surface area contributed by atoms with Gasteiger partial charge in [0.25, 0.3) is 0 Å². The summed E-state index contributed by atoms with van der Waals surface area (Å²) in [6.07, 6.45) is 5.41. The molecule has 110 valence electrons. The molecular weight excluding hydrogens is 280 g/mol. The highest BCUT2D eigenvalue weighted by molar-refractivity contribution is 7.90. The SMILES string of the molecule is CCC/C(=C\c1ccccc1)c1ccc(S(C)(=O)=O)cc1. The molecule has 0 fully saturated rings. The summed E-state index contributed by atoms with van der Waals surface area (Å²) in [6, 6.07) is 17.3. The third-order valence-electron chi connectivity index (χ3n) is 3.31. The van der Waals surface area contributed by atoms with E-state index in [1.807, 2.05) is 30.3 Å². The first-order valence-corrected chi connectivity index (χ1v) is 8.96. The zero-order chi connectivity index (χ0) is 15.3. The van der Waals surface area contributed by atoms with Crippen molar-refractivity contribution in [3.63, 3.8) is 0 Å². The predicted octanol–water partition coefficient (Wildman–Crippen LogP) is 4.43. The first-order chi connectivity index (χ1) is 10.0. The van der Waals surface area contributed by atoms with E-state index in [2.05, 4.69) is 25.1 Å². The van der Waals surface area contributed by atoms with Gasteiger partial charge in [0.2, 0.25) is 0 Å². The Bertz CT molecular complexity index is 712. The first-order valence-electron chi connectivity index (χ1n) is 7.07. The minimum Gasteiger partial charge on any atom is -0.224 e. The van der Waals surface area contributed by atoms with Gasteiger partial charge in [0, 0.05) is 6.26 Å². The summed E-state index contributed by atoms with van der Waals surface area (Å²) in [7, 11) is -3.14. The van der Waals surface area contributed by atoms with Gasteiger partial charge in [-0.2, -0.15) is 0 Å². The van der Waals surface area contributed by atoms with Crippen molar-refractivity contribution < 1.29 is 8.42 Å². The zero-order valence-electron chi connectivity index (χ0n) is 12.4. The lowest BCUT2D eigenvalue weighted by atomic mass is 9.99. The van der Waals surface area contributed by atoms with Crippen LogP contribution in [0.15, 0.2) is 59.5 Å². The smallest absolute Gasteiger partial charge is 0.175 e. The molecule has 0 saturated heterocycles. The maximum Gasteiger partial charge on any atom is 0.175 e. The Morgan fingerprint density at radius 3 is 2.14 bits per heavy atom. The molecule has 0 aliphatic carbocycles. The fourth-order valence-corrected chi connectivity index (χ4v) is 2.87. The highest BCUT2D eigenvalue weighted by Crippen LogP contribution is 2.24. The standard InChI is InChI=1S/C18H20O2S/c1-3-7-17(14-15-8-5-4-6-9-15)16-10-12-18(13-11-16)21(2,19)20/h4-6,8-14H,3,7H2,1-2H3/b17-14+. The van der Waals surface area contributed by atoms with E-state index in [-0.39, 0.29) is 0 Å². The average Bonchev–Trinajstić information content (AvgIpc) is 2.47. The molecule has 0 unspecified atom stereocenters. The van der Waals surface area contributed by atoms with Gasteiger partial charge in [-0.3, -0.25) is 0 Å². The van der Waals surface area contributed by atoms with Crippen LogP contribution in [0.1, 0.15) is 30.9 Å². The molecule has 0 aliphatic heterocycles. The summed E-state index contributed by atoms with van der Waals surface area (Å²) in [4.78, 5) is 0.363. The Kier molecular flexibility index (Phi) is 4.97. The summed E-state index contributed by atoms with van der Waals surface area (Å²) < 4.78 is 23.0. The summed E-state index contributed by atoms with van der Waals surface area (Å²) in [5.41, 5.74) is 3.46. The molecule has 0 N–H and O–H groups in total. The van der Waals surface area contributed by atoms with E-state index in [9.17, 15) is 8.42 Å². The van der Waals surface area contributed by atoms with Crippen molar-refractivity contribution in [3.05, 3.63) is 65.7 Å². The van der Waals surface area contributed by atoms with Crippen molar-refractivity contribution in [1.82, 2.24) is 0 Å². The van der Waals surface area contributed by atoms with Crippen LogP contribution in [0.25, 0.3) is 11.6 Å². The van der Waals surface area contributed by atoms with Crippen molar-refractivity contribution in [1.29, 1.82) is 0 Å². The lowest BCUT2D eigenvalue weighted by Gasteiger charge is -2.08. The Morgan fingerprint density at radius 2 is 1.62 bits per heavy atom. The van der Waals surface area contributed by atoms with Crippen LogP contribution in [0, 0.1) is 0 Å². The number of benzene rings is 2. The maximum absolute atomic E-state index is 11.5. The number of rotatable bonds is 5. The molecule has 0 saturated carbocycles. The molecular formula is C18H20O2S. The second-order valence-corrected chi connectivity index (χ2v) is 7.14. The molecule has 0 aliphatic rings. The highest BCUT2D eigenvalue weighted by Gasteiger charge is 2.07. The van der Waals surface area contributed by atoms with Gasteiger partial charge >= 0.3 is 0 Å². The third-order valence-corrected chi connectivity index (χ3v) is 4.44. The third kappa shape index (κ3) is 4.30. The largest absolute Gasteiger partial charge is 0.224 e. The summed E-state index contributed by atoms with van der Waals surface area (Å²) in [5, 5.41) is 0. The molecule has 21 heavy (non-hydrogen) atoms. The zero-order valence-corrected chi connectivity index (χ0v) is 13.2. The molecule has 2 nitrogen and oxygen atoms in total. The predicted molar refractivity (Wildman–Crippen MR) is 88.8 cm³/mol. The van der Waals surface area contributed by atoms with Crippen molar-refractivity contribution in [2.75, 3.05) is 6.26 Å². The molecule has 2 aromatic rings. The molecule has 2 rings (SSSR count). The van der Waals surface area contributed by atoms with E-state index in [1.165, 1.54) is 11.8 Å². The minimum atomic E-state index is -3.14. The Morgan fingerprint density at radius 1 is 1.00 bits per heavy atom. The molecule has 0 atom stereocenters. The second kappa shape index (κ2) is 6.72. The monoisotopic (exact) mass is 300 g/mol. The quantitative estimate of drug-likeness (QED) is 0.765. The highest BCUT2D eigenvalue weighted by atomic mass is 32.2. The summed E-state index contributed by atoms with van der Waals surface area (Å²) >= 11 is 0. The molecule has 0 radical (unpaired) electrons. The molecule has 0 heterocycles. The van der Waals surface area contributed by atoms with Crippen LogP contribution in [0.4, 0.5) is 0 Å². The van der Waals surface area contributed by atoms with E-state index < -0.39 is 9.84 Å². The molecule has 3 heteroatoms.